The molecule has 0 bridgehead atoms. The molecule has 0 atom stereocenters. The van der Waals surface area contributed by atoms with Gasteiger partial charge in [-0.15, -0.1) is 24.0 Å². The van der Waals surface area contributed by atoms with Gasteiger partial charge in [0.25, 0.3) is 0 Å². The van der Waals surface area contributed by atoms with Gasteiger partial charge in [0, 0.05) is 11.6 Å². The first-order valence-electron chi connectivity index (χ1n) is 6.87. The van der Waals surface area contributed by atoms with Crippen LogP contribution in [0.5, 0.6) is 0 Å². The quantitative estimate of drug-likeness (QED) is 0.375. The summed E-state index contributed by atoms with van der Waals surface area (Å²) in [7, 11) is 0. The normalized spacial score (nSPS) is 11.1. The molecule has 2 aromatic carbocycles. The Morgan fingerprint density at radius 1 is 1.04 bits per heavy atom. The average Bonchev–Trinajstić information content (AvgIpc) is 3.00. The Bertz CT molecular complexity index is 785. The number of aliphatic imine (C=N–C) groups is 1. The summed E-state index contributed by atoms with van der Waals surface area (Å²) in [6.07, 6.45) is 1.90. The summed E-state index contributed by atoms with van der Waals surface area (Å²) in [4.78, 5) is 4.46. The summed E-state index contributed by atoms with van der Waals surface area (Å²) >= 11 is 1.42. The Hall–Kier alpha value is -1.80. The standard InChI is InChI=1S/C17H16N4S.HI/c1-22-17(18)19-16-12-15(13-8-4-2-5-9-13)20-21(16)14-10-6-3-7-11-14;/h2-12H,1H3,(H2,18,19);1H. The molecule has 1 heterocycles. The molecule has 0 saturated carbocycles. The number of thioether (sulfide) groups is 1. The fraction of sp³-hybridized carbons (Fsp3) is 0.0588. The third-order valence-corrected chi connectivity index (χ3v) is 3.70. The van der Waals surface area contributed by atoms with Crippen molar-refractivity contribution in [3.05, 3.63) is 66.7 Å². The van der Waals surface area contributed by atoms with Crippen LogP contribution in [0.25, 0.3) is 16.9 Å². The maximum absolute atomic E-state index is 5.87. The largest absolute Gasteiger partial charge is 0.378 e. The molecule has 3 aromatic rings. The van der Waals surface area contributed by atoms with Crippen LogP contribution in [0.15, 0.2) is 71.7 Å². The summed E-state index contributed by atoms with van der Waals surface area (Å²) < 4.78 is 1.81. The van der Waals surface area contributed by atoms with Crippen LogP contribution in [0.3, 0.4) is 0 Å². The third-order valence-electron chi connectivity index (χ3n) is 3.19. The number of nitrogens with two attached hydrogens (primary N) is 1. The van der Waals surface area contributed by atoms with Crippen LogP contribution >= 0.6 is 35.7 Å². The van der Waals surface area contributed by atoms with E-state index in [4.69, 9.17) is 5.73 Å². The summed E-state index contributed by atoms with van der Waals surface area (Å²) in [5.74, 6) is 0.719. The summed E-state index contributed by atoms with van der Waals surface area (Å²) in [5.41, 5.74) is 8.75. The summed E-state index contributed by atoms with van der Waals surface area (Å²) in [6, 6.07) is 21.9. The molecule has 1 aromatic heterocycles. The molecule has 0 radical (unpaired) electrons. The van der Waals surface area contributed by atoms with E-state index in [9.17, 15) is 0 Å². The molecule has 0 aliphatic carbocycles. The second kappa shape index (κ2) is 8.16. The van der Waals surface area contributed by atoms with Gasteiger partial charge in [-0.05, 0) is 18.4 Å². The zero-order valence-corrected chi connectivity index (χ0v) is 15.7. The number of rotatable bonds is 3. The Balaban J connectivity index is 0.00000192. The highest BCUT2D eigenvalue weighted by Crippen LogP contribution is 2.26. The fourth-order valence-electron chi connectivity index (χ4n) is 2.12. The SMILES string of the molecule is CSC(N)=Nc1cc(-c2ccccc2)nn1-c1ccccc1.I. The van der Waals surface area contributed by atoms with Crippen LogP contribution in [0.4, 0.5) is 5.82 Å². The smallest absolute Gasteiger partial charge is 0.160 e. The summed E-state index contributed by atoms with van der Waals surface area (Å²) in [5, 5.41) is 5.19. The van der Waals surface area contributed by atoms with Gasteiger partial charge >= 0.3 is 0 Å². The van der Waals surface area contributed by atoms with E-state index in [1.165, 1.54) is 11.8 Å². The lowest BCUT2D eigenvalue weighted by Gasteiger charge is -2.04. The van der Waals surface area contributed by atoms with Gasteiger partial charge in [0.2, 0.25) is 0 Å². The van der Waals surface area contributed by atoms with Crippen LogP contribution in [0, 0.1) is 0 Å². The van der Waals surface area contributed by atoms with Crippen molar-refractivity contribution >= 4 is 46.7 Å². The van der Waals surface area contributed by atoms with Crippen LogP contribution in [0.2, 0.25) is 0 Å². The highest BCUT2D eigenvalue weighted by molar-refractivity contribution is 14.0. The Labute approximate surface area is 156 Å². The van der Waals surface area contributed by atoms with Crippen molar-refractivity contribution in [3.63, 3.8) is 0 Å². The molecule has 3 rings (SSSR count). The first kappa shape index (κ1) is 17.6. The second-order valence-corrected chi connectivity index (χ2v) is 5.48. The highest BCUT2D eigenvalue weighted by atomic mass is 127. The second-order valence-electron chi connectivity index (χ2n) is 4.66. The molecular weight excluding hydrogens is 419 g/mol. The van der Waals surface area contributed by atoms with Crippen molar-refractivity contribution < 1.29 is 0 Å². The molecule has 0 aliphatic rings. The monoisotopic (exact) mass is 436 g/mol. The lowest BCUT2D eigenvalue weighted by Crippen LogP contribution is -2.05. The van der Waals surface area contributed by atoms with E-state index in [0.717, 1.165) is 22.8 Å². The first-order chi connectivity index (χ1) is 10.8. The van der Waals surface area contributed by atoms with Crippen LogP contribution in [-0.4, -0.2) is 21.2 Å². The van der Waals surface area contributed by atoms with Crippen molar-refractivity contribution in [3.8, 4) is 16.9 Å². The topological polar surface area (TPSA) is 56.2 Å². The lowest BCUT2D eigenvalue weighted by molar-refractivity contribution is 0.884. The zero-order valence-electron chi connectivity index (χ0n) is 12.6. The van der Waals surface area contributed by atoms with Crippen molar-refractivity contribution in [1.82, 2.24) is 9.78 Å². The predicted octanol–water partition coefficient (Wildman–Crippen LogP) is 4.47. The fourth-order valence-corrected chi connectivity index (χ4v) is 2.30. The molecule has 23 heavy (non-hydrogen) atoms. The lowest BCUT2D eigenvalue weighted by atomic mass is 10.2. The molecule has 0 fully saturated rings. The molecular formula is C17H17IN4S. The van der Waals surface area contributed by atoms with Crippen molar-refractivity contribution in [1.29, 1.82) is 0 Å². The van der Waals surface area contributed by atoms with Gasteiger partial charge in [0.15, 0.2) is 11.0 Å². The van der Waals surface area contributed by atoms with Crippen LogP contribution < -0.4 is 5.73 Å². The molecule has 6 heteroatoms. The van der Waals surface area contributed by atoms with E-state index in [1.807, 2.05) is 77.7 Å². The number of aromatic nitrogens is 2. The average molecular weight is 436 g/mol. The number of para-hydroxylation sites is 1. The summed E-state index contributed by atoms with van der Waals surface area (Å²) in [6.45, 7) is 0. The number of nitrogens with zero attached hydrogens (tertiary/aromatic N) is 3. The van der Waals surface area contributed by atoms with E-state index in [0.29, 0.717) is 5.17 Å². The van der Waals surface area contributed by atoms with Gasteiger partial charge in [-0.2, -0.15) is 5.10 Å². The minimum absolute atomic E-state index is 0. The molecule has 0 saturated heterocycles. The molecule has 118 valence electrons. The Morgan fingerprint density at radius 2 is 1.65 bits per heavy atom. The minimum Gasteiger partial charge on any atom is -0.378 e. The van der Waals surface area contributed by atoms with Gasteiger partial charge < -0.3 is 5.73 Å². The predicted molar refractivity (Wildman–Crippen MR) is 109 cm³/mol. The first-order valence-corrected chi connectivity index (χ1v) is 8.09. The molecule has 0 amide bonds. The van der Waals surface area contributed by atoms with Gasteiger partial charge in [-0.1, -0.05) is 60.3 Å². The van der Waals surface area contributed by atoms with Crippen molar-refractivity contribution in [2.24, 2.45) is 10.7 Å². The number of amidine groups is 1. The highest BCUT2D eigenvalue weighted by Gasteiger charge is 2.10. The van der Waals surface area contributed by atoms with E-state index < -0.39 is 0 Å². The zero-order chi connectivity index (χ0) is 15.4. The van der Waals surface area contributed by atoms with Gasteiger partial charge in [0.05, 0.1) is 11.4 Å². The Kier molecular flexibility index (Phi) is 6.23. The maximum atomic E-state index is 5.87. The van der Waals surface area contributed by atoms with E-state index in [2.05, 4.69) is 10.1 Å². The number of hydrogen-bond acceptors (Lipinski definition) is 3. The maximum Gasteiger partial charge on any atom is 0.160 e. The van der Waals surface area contributed by atoms with Crippen molar-refractivity contribution in [2.45, 2.75) is 0 Å². The van der Waals surface area contributed by atoms with E-state index >= 15 is 0 Å². The number of benzene rings is 2. The van der Waals surface area contributed by atoms with E-state index in [1.54, 1.807) is 0 Å². The minimum atomic E-state index is 0. The van der Waals surface area contributed by atoms with Gasteiger partial charge in [-0.25, -0.2) is 9.67 Å². The molecule has 0 spiro atoms. The van der Waals surface area contributed by atoms with Gasteiger partial charge in [-0.3, -0.25) is 0 Å². The van der Waals surface area contributed by atoms with Crippen LogP contribution in [0.1, 0.15) is 0 Å². The number of hydrogen-bond donors (Lipinski definition) is 1. The van der Waals surface area contributed by atoms with Crippen molar-refractivity contribution in [2.75, 3.05) is 6.26 Å². The third kappa shape index (κ3) is 4.14. The van der Waals surface area contributed by atoms with Crippen LogP contribution in [-0.2, 0) is 0 Å². The Morgan fingerprint density at radius 3 is 2.26 bits per heavy atom. The van der Waals surface area contributed by atoms with Gasteiger partial charge in [0.1, 0.15) is 0 Å². The molecule has 2 N–H and O–H groups in total. The number of halogens is 1. The molecule has 0 unspecified atom stereocenters. The molecule has 4 nitrogen and oxygen atoms in total. The van der Waals surface area contributed by atoms with E-state index in [-0.39, 0.29) is 24.0 Å². The molecule has 0 aliphatic heterocycles.